The molecule has 0 aromatic rings. The van der Waals surface area contributed by atoms with Crippen molar-refractivity contribution in [1.82, 2.24) is 0 Å². The zero-order chi connectivity index (χ0) is 18.0. The second-order valence-corrected chi connectivity index (χ2v) is 7.42. The van der Waals surface area contributed by atoms with Gasteiger partial charge in [-0.05, 0) is 25.2 Å². The first-order chi connectivity index (χ1) is 11.7. The highest BCUT2D eigenvalue weighted by Crippen LogP contribution is 2.19. The van der Waals surface area contributed by atoms with E-state index < -0.39 is 0 Å². The molecular weight excluding hydrogens is 296 g/mol. The van der Waals surface area contributed by atoms with Crippen LogP contribution >= 0.6 is 0 Å². The number of hydrogen-bond acceptors (Lipinski definition) is 2. The number of carbonyl (C=O) groups is 1. The van der Waals surface area contributed by atoms with Crippen LogP contribution in [0.3, 0.4) is 0 Å². The zero-order valence-electron chi connectivity index (χ0n) is 17.1. The van der Waals surface area contributed by atoms with Crippen molar-refractivity contribution < 1.29 is 9.53 Å². The molecule has 144 valence electrons. The van der Waals surface area contributed by atoms with Gasteiger partial charge >= 0.3 is 5.97 Å². The number of esters is 1. The normalized spacial score (nSPS) is 13.7. The lowest BCUT2D eigenvalue weighted by Gasteiger charge is -2.18. The standard InChI is InChI=1S/C22H44O2/c1-5-9-11-12-13-14-15-16-17-20(7-3)19-24-22(23)21(8-4)18-10-6-2/h20-21H,5-19H2,1-4H3. The fraction of sp³-hybridized carbons (Fsp3) is 0.955. The summed E-state index contributed by atoms with van der Waals surface area (Å²) in [6.07, 6.45) is 17.4. The summed E-state index contributed by atoms with van der Waals surface area (Å²) >= 11 is 0. The summed E-state index contributed by atoms with van der Waals surface area (Å²) < 4.78 is 5.63. The van der Waals surface area contributed by atoms with Gasteiger partial charge in [-0.1, -0.05) is 98.3 Å². The van der Waals surface area contributed by atoms with E-state index in [4.69, 9.17) is 4.74 Å². The number of hydrogen-bond donors (Lipinski definition) is 0. The molecule has 0 aliphatic heterocycles. The van der Waals surface area contributed by atoms with Crippen LogP contribution in [0.4, 0.5) is 0 Å². The van der Waals surface area contributed by atoms with Crippen molar-refractivity contribution in [2.75, 3.05) is 6.61 Å². The molecule has 2 atom stereocenters. The molecule has 0 rings (SSSR count). The van der Waals surface area contributed by atoms with Gasteiger partial charge in [0.15, 0.2) is 0 Å². The average molecular weight is 341 g/mol. The van der Waals surface area contributed by atoms with Crippen LogP contribution in [-0.2, 0) is 9.53 Å². The van der Waals surface area contributed by atoms with Gasteiger partial charge in [-0.15, -0.1) is 0 Å². The van der Waals surface area contributed by atoms with Gasteiger partial charge in [0.1, 0.15) is 0 Å². The van der Waals surface area contributed by atoms with Crippen LogP contribution in [-0.4, -0.2) is 12.6 Å². The van der Waals surface area contributed by atoms with E-state index in [2.05, 4.69) is 27.7 Å². The van der Waals surface area contributed by atoms with Crippen molar-refractivity contribution in [3.8, 4) is 0 Å². The first kappa shape index (κ1) is 23.5. The molecule has 0 aromatic heterocycles. The van der Waals surface area contributed by atoms with Gasteiger partial charge in [-0.3, -0.25) is 4.79 Å². The molecule has 0 N–H and O–H groups in total. The maximum atomic E-state index is 12.2. The summed E-state index contributed by atoms with van der Waals surface area (Å²) in [6.45, 7) is 9.39. The quantitative estimate of drug-likeness (QED) is 0.205. The van der Waals surface area contributed by atoms with Crippen molar-refractivity contribution in [2.24, 2.45) is 11.8 Å². The summed E-state index contributed by atoms with van der Waals surface area (Å²) in [5, 5.41) is 0. The van der Waals surface area contributed by atoms with Crippen LogP contribution in [0.1, 0.15) is 118 Å². The topological polar surface area (TPSA) is 26.3 Å². The predicted octanol–water partition coefficient (Wildman–Crippen LogP) is 7.30. The third-order valence-corrected chi connectivity index (χ3v) is 5.24. The molecule has 0 radical (unpaired) electrons. The third-order valence-electron chi connectivity index (χ3n) is 5.24. The van der Waals surface area contributed by atoms with Gasteiger partial charge in [-0.25, -0.2) is 0 Å². The van der Waals surface area contributed by atoms with E-state index in [9.17, 15) is 4.79 Å². The number of unbranched alkanes of at least 4 members (excludes halogenated alkanes) is 8. The van der Waals surface area contributed by atoms with Gasteiger partial charge in [0, 0.05) is 0 Å². The van der Waals surface area contributed by atoms with Crippen LogP contribution in [0.5, 0.6) is 0 Å². The lowest BCUT2D eigenvalue weighted by molar-refractivity contribution is -0.150. The molecule has 0 bridgehead atoms. The van der Waals surface area contributed by atoms with Gasteiger partial charge < -0.3 is 4.74 Å². The minimum absolute atomic E-state index is 0.0420. The molecule has 0 aliphatic carbocycles. The predicted molar refractivity (Wildman–Crippen MR) is 105 cm³/mol. The third kappa shape index (κ3) is 12.8. The Kier molecular flexibility index (Phi) is 16.9. The van der Waals surface area contributed by atoms with E-state index >= 15 is 0 Å². The van der Waals surface area contributed by atoms with Crippen molar-refractivity contribution in [2.45, 2.75) is 118 Å². The molecule has 0 fully saturated rings. The van der Waals surface area contributed by atoms with Crippen LogP contribution in [0.15, 0.2) is 0 Å². The fourth-order valence-corrected chi connectivity index (χ4v) is 3.23. The lowest BCUT2D eigenvalue weighted by Crippen LogP contribution is -2.21. The second kappa shape index (κ2) is 17.3. The molecule has 2 nitrogen and oxygen atoms in total. The Hall–Kier alpha value is -0.530. The summed E-state index contributed by atoms with van der Waals surface area (Å²) in [4.78, 5) is 12.2. The largest absolute Gasteiger partial charge is 0.465 e. The Morgan fingerprint density at radius 3 is 1.83 bits per heavy atom. The molecule has 0 spiro atoms. The molecule has 2 heteroatoms. The van der Waals surface area contributed by atoms with Crippen molar-refractivity contribution in [3.63, 3.8) is 0 Å². The maximum Gasteiger partial charge on any atom is 0.308 e. The molecule has 24 heavy (non-hydrogen) atoms. The Morgan fingerprint density at radius 1 is 0.708 bits per heavy atom. The van der Waals surface area contributed by atoms with E-state index in [1.165, 1.54) is 57.8 Å². The summed E-state index contributed by atoms with van der Waals surface area (Å²) in [7, 11) is 0. The molecule has 0 aromatic carbocycles. The smallest absolute Gasteiger partial charge is 0.308 e. The zero-order valence-corrected chi connectivity index (χ0v) is 17.1. The molecule has 0 aliphatic rings. The second-order valence-electron chi connectivity index (χ2n) is 7.42. The SMILES string of the molecule is CCCCCCCCCCC(CC)COC(=O)C(CC)CCCC. The van der Waals surface area contributed by atoms with E-state index in [-0.39, 0.29) is 11.9 Å². The monoisotopic (exact) mass is 340 g/mol. The van der Waals surface area contributed by atoms with E-state index in [1.54, 1.807) is 0 Å². The Balaban J connectivity index is 3.76. The minimum atomic E-state index is 0.0420. The summed E-state index contributed by atoms with van der Waals surface area (Å²) in [6, 6.07) is 0. The first-order valence-electron chi connectivity index (χ1n) is 10.9. The Labute approximate surface area is 152 Å². The summed E-state index contributed by atoms with van der Waals surface area (Å²) in [5.41, 5.74) is 0. The number of carbonyl (C=O) groups excluding carboxylic acids is 1. The van der Waals surface area contributed by atoms with Crippen molar-refractivity contribution in [3.05, 3.63) is 0 Å². The van der Waals surface area contributed by atoms with Crippen molar-refractivity contribution >= 4 is 5.97 Å². The fourth-order valence-electron chi connectivity index (χ4n) is 3.23. The molecule has 0 saturated heterocycles. The first-order valence-corrected chi connectivity index (χ1v) is 10.9. The molecule has 2 unspecified atom stereocenters. The highest BCUT2D eigenvalue weighted by atomic mass is 16.5. The Morgan fingerprint density at radius 2 is 1.29 bits per heavy atom. The maximum absolute atomic E-state index is 12.2. The summed E-state index contributed by atoms with van der Waals surface area (Å²) in [5.74, 6) is 0.712. The van der Waals surface area contributed by atoms with Crippen LogP contribution < -0.4 is 0 Å². The highest BCUT2D eigenvalue weighted by molar-refractivity contribution is 5.72. The van der Waals surface area contributed by atoms with E-state index in [0.29, 0.717) is 12.5 Å². The number of ether oxygens (including phenoxy) is 1. The van der Waals surface area contributed by atoms with Gasteiger partial charge in [0.25, 0.3) is 0 Å². The lowest BCUT2D eigenvalue weighted by atomic mass is 9.97. The van der Waals surface area contributed by atoms with Gasteiger partial charge in [0.2, 0.25) is 0 Å². The molecular formula is C22H44O2. The minimum Gasteiger partial charge on any atom is -0.465 e. The van der Waals surface area contributed by atoms with Gasteiger partial charge in [-0.2, -0.15) is 0 Å². The number of rotatable bonds is 17. The van der Waals surface area contributed by atoms with E-state index in [1.807, 2.05) is 0 Å². The highest BCUT2D eigenvalue weighted by Gasteiger charge is 2.18. The van der Waals surface area contributed by atoms with Crippen LogP contribution in [0, 0.1) is 11.8 Å². The molecule has 0 amide bonds. The Bertz CT molecular complexity index is 275. The average Bonchev–Trinajstić information content (AvgIpc) is 2.60. The van der Waals surface area contributed by atoms with E-state index in [0.717, 1.165) is 32.1 Å². The van der Waals surface area contributed by atoms with Crippen LogP contribution in [0.2, 0.25) is 0 Å². The molecule has 0 saturated carbocycles. The van der Waals surface area contributed by atoms with Crippen LogP contribution in [0.25, 0.3) is 0 Å². The van der Waals surface area contributed by atoms with Gasteiger partial charge in [0.05, 0.1) is 12.5 Å². The van der Waals surface area contributed by atoms with Crippen molar-refractivity contribution in [1.29, 1.82) is 0 Å². The molecule has 0 heterocycles.